The predicted molar refractivity (Wildman–Crippen MR) is 80.1 cm³/mol. The van der Waals surface area contributed by atoms with Crippen LogP contribution >= 0.6 is 11.8 Å². The predicted octanol–water partition coefficient (Wildman–Crippen LogP) is 1.57. The first-order chi connectivity index (χ1) is 9.69. The molecule has 0 aromatic heterocycles. The number of esters is 1. The van der Waals surface area contributed by atoms with Crippen LogP contribution in [-0.4, -0.2) is 45.6 Å². The second kappa shape index (κ2) is 7.68. The molecule has 1 aliphatic heterocycles. The summed E-state index contributed by atoms with van der Waals surface area (Å²) < 4.78 is 5.12. The van der Waals surface area contributed by atoms with Gasteiger partial charge in [-0.15, -0.1) is 11.8 Å². The summed E-state index contributed by atoms with van der Waals surface area (Å²) in [7, 11) is 0. The molecule has 120 valence electrons. The van der Waals surface area contributed by atoms with Gasteiger partial charge in [-0.2, -0.15) is 0 Å². The van der Waals surface area contributed by atoms with E-state index >= 15 is 0 Å². The molecule has 6 nitrogen and oxygen atoms in total. The van der Waals surface area contributed by atoms with Crippen molar-refractivity contribution in [3.63, 3.8) is 0 Å². The highest BCUT2D eigenvalue weighted by Gasteiger charge is 2.28. The van der Waals surface area contributed by atoms with Crippen LogP contribution in [0.25, 0.3) is 0 Å². The third kappa shape index (κ3) is 6.84. The molecular weight excluding hydrogens is 294 g/mol. The Morgan fingerprint density at radius 1 is 1.38 bits per heavy atom. The number of thioether (sulfide) groups is 1. The van der Waals surface area contributed by atoms with Crippen LogP contribution in [0.15, 0.2) is 0 Å². The molecule has 1 rings (SSSR count). The number of amides is 1. The lowest BCUT2D eigenvalue weighted by atomic mass is 10.1. The summed E-state index contributed by atoms with van der Waals surface area (Å²) in [6.45, 7) is 5.25. The lowest BCUT2D eigenvalue weighted by molar-refractivity contribution is -0.155. The van der Waals surface area contributed by atoms with Gasteiger partial charge in [0.05, 0.1) is 5.25 Å². The van der Waals surface area contributed by atoms with E-state index in [9.17, 15) is 14.4 Å². The van der Waals surface area contributed by atoms with Gasteiger partial charge in [0.1, 0.15) is 11.6 Å². The Morgan fingerprint density at radius 3 is 2.52 bits per heavy atom. The summed E-state index contributed by atoms with van der Waals surface area (Å²) in [6, 6.07) is -1.05. The summed E-state index contributed by atoms with van der Waals surface area (Å²) in [6.07, 6.45) is 1.74. The zero-order valence-electron chi connectivity index (χ0n) is 12.7. The van der Waals surface area contributed by atoms with E-state index in [4.69, 9.17) is 9.84 Å². The molecule has 1 fully saturated rings. The molecule has 0 bridgehead atoms. The monoisotopic (exact) mass is 317 g/mol. The molecular formula is C14H23NO5S. The fourth-order valence-corrected chi connectivity index (χ4v) is 3.13. The van der Waals surface area contributed by atoms with E-state index in [1.807, 2.05) is 0 Å². The van der Waals surface area contributed by atoms with Crippen LogP contribution in [0, 0.1) is 0 Å². The fourth-order valence-electron chi connectivity index (χ4n) is 1.96. The first-order valence-electron chi connectivity index (χ1n) is 7.05. The number of ether oxygens (including phenoxy) is 1. The lowest BCUT2D eigenvalue weighted by Gasteiger charge is -2.21. The summed E-state index contributed by atoms with van der Waals surface area (Å²) in [5.41, 5.74) is -0.598. The van der Waals surface area contributed by atoms with Gasteiger partial charge >= 0.3 is 11.9 Å². The van der Waals surface area contributed by atoms with E-state index in [0.29, 0.717) is 0 Å². The lowest BCUT2D eigenvalue weighted by Crippen LogP contribution is -2.44. The zero-order chi connectivity index (χ0) is 16.0. The first-order valence-corrected chi connectivity index (χ1v) is 8.10. The number of hydrogen-bond donors (Lipinski definition) is 2. The van der Waals surface area contributed by atoms with Crippen LogP contribution in [0.3, 0.4) is 0 Å². The minimum atomic E-state index is -1.13. The molecule has 0 spiro atoms. The minimum Gasteiger partial charge on any atom is -0.480 e. The maximum atomic E-state index is 11.9. The quantitative estimate of drug-likeness (QED) is 0.722. The van der Waals surface area contributed by atoms with E-state index in [2.05, 4.69) is 5.32 Å². The van der Waals surface area contributed by atoms with E-state index in [1.54, 1.807) is 20.8 Å². The van der Waals surface area contributed by atoms with Crippen molar-refractivity contribution in [2.75, 3.05) is 5.75 Å². The largest absolute Gasteiger partial charge is 0.480 e. The van der Waals surface area contributed by atoms with Gasteiger partial charge in [-0.05, 0) is 45.8 Å². The number of carboxylic acids is 1. The van der Waals surface area contributed by atoms with Crippen LogP contribution in [0.4, 0.5) is 0 Å². The second-order valence-corrected chi connectivity index (χ2v) is 7.34. The average Bonchev–Trinajstić information content (AvgIpc) is 2.85. The fraction of sp³-hybridized carbons (Fsp3) is 0.786. The Balaban J connectivity index is 2.44. The van der Waals surface area contributed by atoms with Gasteiger partial charge in [-0.25, -0.2) is 4.79 Å². The topological polar surface area (TPSA) is 92.7 Å². The molecule has 1 heterocycles. The van der Waals surface area contributed by atoms with Crippen molar-refractivity contribution >= 4 is 29.6 Å². The molecule has 21 heavy (non-hydrogen) atoms. The highest BCUT2D eigenvalue weighted by Crippen LogP contribution is 2.26. The highest BCUT2D eigenvalue weighted by molar-refractivity contribution is 8.00. The van der Waals surface area contributed by atoms with Crippen molar-refractivity contribution in [1.82, 2.24) is 5.32 Å². The molecule has 0 aliphatic carbocycles. The van der Waals surface area contributed by atoms with Crippen molar-refractivity contribution < 1.29 is 24.2 Å². The number of carbonyl (C=O) groups is 3. The van der Waals surface area contributed by atoms with Crippen molar-refractivity contribution in [2.24, 2.45) is 0 Å². The van der Waals surface area contributed by atoms with Crippen LogP contribution in [0.5, 0.6) is 0 Å². The Morgan fingerprint density at radius 2 is 2.05 bits per heavy atom. The van der Waals surface area contributed by atoms with Gasteiger partial charge in [0.15, 0.2) is 0 Å². The molecule has 7 heteroatoms. The van der Waals surface area contributed by atoms with Crippen LogP contribution in [0.2, 0.25) is 0 Å². The van der Waals surface area contributed by atoms with E-state index < -0.39 is 23.6 Å². The Kier molecular flexibility index (Phi) is 6.51. The molecule has 0 saturated carbocycles. The normalized spacial score (nSPS) is 19.9. The number of carbonyl (C=O) groups excluding carboxylic acids is 2. The van der Waals surface area contributed by atoms with Gasteiger partial charge in [-0.1, -0.05) is 0 Å². The standard InChI is InChI=1S/C14H23NO5S/c1-14(2,3)20-11(16)7-6-9(13(18)19)15-12(17)10-5-4-8-21-10/h9-10H,4-8H2,1-3H3,(H,15,17)(H,18,19)/t9-,10?/m1/s1. The number of rotatable bonds is 6. The highest BCUT2D eigenvalue weighted by atomic mass is 32.2. The second-order valence-electron chi connectivity index (χ2n) is 6.03. The summed E-state index contributed by atoms with van der Waals surface area (Å²) in [5, 5.41) is 11.5. The van der Waals surface area contributed by atoms with Crippen molar-refractivity contribution in [3.05, 3.63) is 0 Å². The maximum absolute atomic E-state index is 11.9. The number of aliphatic carboxylic acids is 1. The minimum absolute atomic E-state index is 0.0351. The number of nitrogens with one attached hydrogen (secondary N) is 1. The Labute approximate surface area is 129 Å². The van der Waals surface area contributed by atoms with Crippen molar-refractivity contribution in [1.29, 1.82) is 0 Å². The Bertz CT molecular complexity index is 399. The van der Waals surface area contributed by atoms with Gasteiger partial charge in [0.25, 0.3) is 0 Å². The van der Waals surface area contributed by atoms with Gasteiger partial charge in [-0.3, -0.25) is 9.59 Å². The summed E-state index contributed by atoms with van der Waals surface area (Å²) in [4.78, 5) is 34.7. The molecule has 0 aromatic carbocycles. The number of hydrogen-bond acceptors (Lipinski definition) is 5. The molecule has 0 radical (unpaired) electrons. The van der Waals surface area contributed by atoms with E-state index in [1.165, 1.54) is 11.8 Å². The van der Waals surface area contributed by atoms with Crippen molar-refractivity contribution in [3.8, 4) is 0 Å². The van der Waals surface area contributed by atoms with Crippen LogP contribution in [0.1, 0.15) is 46.5 Å². The zero-order valence-corrected chi connectivity index (χ0v) is 13.5. The van der Waals surface area contributed by atoms with Gasteiger partial charge in [0, 0.05) is 6.42 Å². The number of carboxylic acid groups (broad SMARTS) is 1. The maximum Gasteiger partial charge on any atom is 0.326 e. The summed E-state index contributed by atoms with van der Waals surface area (Å²) in [5.74, 6) is -0.921. The average molecular weight is 317 g/mol. The summed E-state index contributed by atoms with van der Waals surface area (Å²) >= 11 is 1.54. The van der Waals surface area contributed by atoms with Crippen molar-refractivity contribution in [2.45, 2.75) is 63.3 Å². The van der Waals surface area contributed by atoms with Gasteiger partial charge in [0.2, 0.25) is 5.91 Å². The molecule has 2 N–H and O–H groups in total. The van der Waals surface area contributed by atoms with Gasteiger partial charge < -0.3 is 15.2 Å². The molecule has 0 aromatic rings. The van der Waals surface area contributed by atoms with E-state index in [0.717, 1.165) is 18.6 Å². The third-order valence-corrected chi connectivity index (χ3v) is 4.27. The van der Waals surface area contributed by atoms with Crippen LogP contribution < -0.4 is 5.32 Å². The molecule has 1 amide bonds. The molecule has 1 aliphatic rings. The first kappa shape index (κ1) is 17.8. The third-order valence-electron chi connectivity index (χ3n) is 2.89. The SMILES string of the molecule is CC(C)(C)OC(=O)CC[C@@H](NC(=O)C1CCCS1)C(=O)O. The smallest absolute Gasteiger partial charge is 0.326 e. The molecule has 1 unspecified atom stereocenters. The Hall–Kier alpha value is -1.24. The van der Waals surface area contributed by atoms with Crippen LogP contribution in [-0.2, 0) is 19.1 Å². The molecule has 2 atom stereocenters. The molecule has 1 saturated heterocycles. The van der Waals surface area contributed by atoms with E-state index in [-0.39, 0.29) is 24.0 Å².